The number of alkyl halides is 1. The summed E-state index contributed by atoms with van der Waals surface area (Å²) in [5.74, 6) is 2.14. The van der Waals surface area contributed by atoms with Crippen LogP contribution in [0, 0.1) is 0 Å². The highest BCUT2D eigenvalue weighted by Gasteiger charge is 2.06. The zero-order valence-electron chi connectivity index (χ0n) is 14.1. The van der Waals surface area contributed by atoms with E-state index in [4.69, 9.17) is 16.3 Å². The van der Waals surface area contributed by atoms with Crippen molar-refractivity contribution in [3.63, 3.8) is 0 Å². The van der Waals surface area contributed by atoms with Gasteiger partial charge in [0.05, 0.1) is 12.1 Å². The van der Waals surface area contributed by atoms with E-state index in [1.165, 1.54) is 0 Å². The van der Waals surface area contributed by atoms with Crippen LogP contribution in [0.2, 0.25) is 0 Å². The van der Waals surface area contributed by atoms with Crippen LogP contribution < -0.4 is 10.1 Å². The van der Waals surface area contributed by atoms with Crippen LogP contribution in [0.1, 0.15) is 18.9 Å². The first-order valence-electron chi connectivity index (χ1n) is 8.23. The van der Waals surface area contributed by atoms with Crippen molar-refractivity contribution in [3.8, 4) is 5.75 Å². The predicted octanol–water partition coefficient (Wildman–Crippen LogP) is 5.41. The van der Waals surface area contributed by atoms with Crippen LogP contribution in [0.25, 0.3) is 17.0 Å². The van der Waals surface area contributed by atoms with Gasteiger partial charge in [0, 0.05) is 17.0 Å². The van der Waals surface area contributed by atoms with Crippen LogP contribution in [0.15, 0.2) is 54.9 Å². The second-order valence-corrected chi connectivity index (χ2v) is 5.92. The van der Waals surface area contributed by atoms with Crippen molar-refractivity contribution in [3.05, 3.63) is 60.4 Å². The van der Waals surface area contributed by atoms with E-state index in [1.54, 1.807) is 6.33 Å². The van der Waals surface area contributed by atoms with E-state index in [0.717, 1.165) is 40.1 Å². The predicted molar refractivity (Wildman–Crippen MR) is 105 cm³/mol. The molecule has 5 heteroatoms. The minimum atomic E-state index is 0.590. The first kappa shape index (κ1) is 17.2. The molecule has 25 heavy (non-hydrogen) atoms. The van der Waals surface area contributed by atoms with Gasteiger partial charge in [0.15, 0.2) is 0 Å². The summed E-state index contributed by atoms with van der Waals surface area (Å²) >= 11 is 5.69. The van der Waals surface area contributed by atoms with Crippen LogP contribution in [-0.4, -0.2) is 22.5 Å². The largest absolute Gasteiger partial charge is 0.494 e. The molecule has 0 aliphatic rings. The lowest BCUT2D eigenvalue weighted by Gasteiger charge is -2.10. The van der Waals surface area contributed by atoms with E-state index in [2.05, 4.69) is 33.5 Å². The number of halogens is 1. The van der Waals surface area contributed by atoms with Crippen molar-refractivity contribution in [2.45, 2.75) is 13.3 Å². The molecule has 0 aliphatic carbocycles. The third-order valence-electron chi connectivity index (χ3n) is 3.69. The molecule has 0 saturated carbocycles. The Balaban J connectivity index is 1.85. The highest BCUT2D eigenvalue weighted by Crippen LogP contribution is 2.27. The minimum Gasteiger partial charge on any atom is -0.494 e. The third-order valence-corrected chi connectivity index (χ3v) is 3.95. The maximum Gasteiger partial charge on any atom is 0.141 e. The fourth-order valence-electron chi connectivity index (χ4n) is 2.48. The van der Waals surface area contributed by atoms with Gasteiger partial charge in [-0.15, -0.1) is 11.6 Å². The van der Waals surface area contributed by atoms with Crippen molar-refractivity contribution in [1.82, 2.24) is 9.97 Å². The average Bonchev–Trinajstić information content (AvgIpc) is 2.64. The van der Waals surface area contributed by atoms with Gasteiger partial charge in [0.25, 0.3) is 0 Å². The van der Waals surface area contributed by atoms with Crippen LogP contribution in [0.3, 0.4) is 0 Å². The van der Waals surface area contributed by atoms with Gasteiger partial charge in [-0.2, -0.15) is 0 Å². The van der Waals surface area contributed by atoms with E-state index < -0.39 is 0 Å². The maximum atomic E-state index is 5.73. The van der Waals surface area contributed by atoms with E-state index in [0.29, 0.717) is 12.5 Å². The van der Waals surface area contributed by atoms with Crippen molar-refractivity contribution in [2.75, 3.05) is 17.8 Å². The molecule has 0 radical (unpaired) electrons. The summed E-state index contributed by atoms with van der Waals surface area (Å²) in [6.45, 7) is 2.60. The monoisotopic (exact) mass is 353 g/mol. The normalized spacial score (nSPS) is 11.1. The molecule has 3 aromatic rings. The molecule has 0 atom stereocenters. The molecule has 2 aromatic carbocycles. The Morgan fingerprint density at radius 1 is 1.12 bits per heavy atom. The molecule has 3 rings (SSSR count). The Hall–Kier alpha value is -2.59. The zero-order valence-corrected chi connectivity index (χ0v) is 14.8. The number of nitrogens with zero attached hydrogens (tertiary/aromatic N) is 2. The van der Waals surface area contributed by atoms with Gasteiger partial charge in [-0.05, 0) is 49.2 Å². The second-order valence-electron chi connectivity index (χ2n) is 5.54. The molecule has 0 fully saturated rings. The Morgan fingerprint density at radius 3 is 2.72 bits per heavy atom. The number of hydrogen-bond acceptors (Lipinski definition) is 4. The summed E-state index contributed by atoms with van der Waals surface area (Å²) < 4.78 is 5.73. The van der Waals surface area contributed by atoms with E-state index in [1.807, 2.05) is 43.3 Å². The number of allylic oxidation sites excluding steroid dienone is 1. The molecule has 0 unspecified atom stereocenters. The van der Waals surface area contributed by atoms with E-state index >= 15 is 0 Å². The lowest BCUT2D eigenvalue weighted by atomic mass is 10.2. The summed E-state index contributed by atoms with van der Waals surface area (Å²) in [7, 11) is 0. The molecule has 128 valence electrons. The topological polar surface area (TPSA) is 47.0 Å². The SMILES string of the molecule is C/C=C/c1ccc(Nc2ncnc3ccc(OCCCCl)cc23)cc1. The molecular formula is C20H20ClN3O. The molecular weight excluding hydrogens is 334 g/mol. The molecule has 0 saturated heterocycles. The Labute approximate surface area is 152 Å². The van der Waals surface area contributed by atoms with E-state index in [-0.39, 0.29) is 0 Å². The van der Waals surface area contributed by atoms with Gasteiger partial charge in [-0.1, -0.05) is 24.3 Å². The summed E-state index contributed by atoms with van der Waals surface area (Å²) in [6, 6.07) is 14.0. The number of hydrogen-bond donors (Lipinski definition) is 1. The summed E-state index contributed by atoms with van der Waals surface area (Å²) in [5.41, 5.74) is 3.00. The lowest BCUT2D eigenvalue weighted by molar-refractivity contribution is 0.319. The highest BCUT2D eigenvalue weighted by molar-refractivity contribution is 6.17. The molecule has 1 N–H and O–H groups in total. The molecule has 1 aromatic heterocycles. The standard InChI is InChI=1S/C20H20ClN3O/c1-2-4-15-5-7-16(8-6-15)24-20-18-13-17(25-12-3-11-21)9-10-19(18)22-14-23-20/h2,4-10,13-14H,3,11-12H2,1H3,(H,22,23,24)/b4-2+. The van der Waals surface area contributed by atoms with Crippen molar-refractivity contribution < 1.29 is 4.74 Å². The van der Waals surface area contributed by atoms with Crippen LogP contribution in [-0.2, 0) is 0 Å². The number of nitrogens with one attached hydrogen (secondary N) is 1. The quantitative estimate of drug-likeness (QED) is 0.455. The Bertz CT molecular complexity index is 862. The number of aromatic nitrogens is 2. The minimum absolute atomic E-state index is 0.590. The molecule has 1 heterocycles. The smallest absolute Gasteiger partial charge is 0.141 e. The van der Waals surface area contributed by atoms with Crippen LogP contribution >= 0.6 is 11.6 Å². The number of anilines is 2. The fraction of sp³-hybridized carbons (Fsp3) is 0.200. The Kier molecular flexibility index (Phi) is 5.86. The van der Waals surface area contributed by atoms with Crippen molar-refractivity contribution in [1.29, 1.82) is 0 Å². The second kappa shape index (κ2) is 8.49. The molecule has 4 nitrogen and oxygen atoms in total. The van der Waals surface area contributed by atoms with Gasteiger partial charge in [-0.3, -0.25) is 0 Å². The molecule has 0 bridgehead atoms. The van der Waals surface area contributed by atoms with Gasteiger partial charge >= 0.3 is 0 Å². The average molecular weight is 354 g/mol. The third kappa shape index (κ3) is 4.48. The van der Waals surface area contributed by atoms with Gasteiger partial charge in [-0.25, -0.2) is 9.97 Å². The van der Waals surface area contributed by atoms with Crippen LogP contribution in [0.5, 0.6) is 5.75 Å². The number of benzene rings is 2. The first-order valence-corrected chi connectivity index (χ1v) is 8.77. The molecule has 0 aliphatic heterocycles. The summed E-state index contributed by atoms with van der Waals surface area (Å²) in [4.78, 5) is 8.71. The van der Waals surface area contributed by atoms with Gasteiger partial charge in [0.2, 0.25) is 0 Å². The van der Waals surface area contributed by atoms with Crippen molar-refractivity contribution >= 4 is 40.1 Å². The summed E-state index contributed by atoms with van der Waals surface area (Å²) in [5, 5.41) is 4.28. The zero-order chi connectivity index (χ0) is 17.5. The maximum absolute atomic E-state index is 5.73. The number of fused-ring (bicyclic) bond motifs is 1. The van der Waals surface area contributed by atoms with Gasteiger partial charge < -0.3 is 10.1 Å². The number of rotatable bonds is 7. The van der Waals surface area contributed by atoms with Crippen molar-refractivity contribution in [2.24, 2.45) is 0 Å². The fourth-order valence-corrected chi connectivity index (χ4v) is 2.59. The van der Waals surface area contributed by atoms with Gasteiger partial charge in [0.1, 0.15) is 17.9 Å². The highest BCUT2D eigenvalue weighted by atomic mass is 35.5. The summed E-state index contributed by atoms with van der Waals surface area (Å²) in [6.07, 6.45) is 6.46. The van der Waals surface area contributed by atoms with Crippen LogP contribution in [0.4, 0.5) is 11.5 Å². The van der Waals surface area contributed by atoms with E-state index in [9.17, 15) is 0 Å². The number of ether oxygens (including phenoxy) is 1. The molecule has 0 amide bonds. The first-order chi connectivity index (χ1) is 12.3. The molecule has 0 spiro atoms. The lowest BCUT2D eigenvalue weighted by Crippen LogP contribution is -1.99. The Morgan fingerprint density at radius 2 is 1.96 bits per heavy atom.